The summed E-state index contributed by atoms with van der Waals surface area (Å²) in [5.41, 5.74) is 3.61. The zero-order valence-corrected chi connectivity index (χ0v) is 18.3. The van der Waals surface area contributed by atoms with Crippen molar-refractivity contribution in [1.82, 2.24) is 19.8 Å². The molecule has 2 amide bonds. The molecule has 30 heavy (non-hydrogen) atoms. The normalized spacial score (nSPS) is 15.3. The smallest absolute Gasteiger partial charge is 0.255 e. The molecule has 1 aliphatic heterocycles. The quantitative estimate of drug-likeness (QED) is 0.633. The Morgan fingerprint density at radius 2 is 1.93 bits per heavy atom. The number of nitrogens with zero attached hydrogens (tertiary/aromatic N) is 3. The van der Waals surface area contributed by atoms with Gasteiger partial charge in [-0.1, -0.05) is 30.3 Å². The van der Waals surface area contributed by atoms with Crippen LogP contribution < -0.4 is 5.32 Å². The van der Waals surface area contributed by atoms with Crippen molar-refractivity contribution in [2.24, 2.45) is 7.05 Å². The van der Waals surface area contributed by atoms with Crippen LogP contribution >= 0.6 is 11.8 Å². The summed E-state index contributed by atoms with van der Waals surface area (Å²) >= 11 is 1.74. The Hall–Kier alpha value is -2.80. The van der Waals surface area contributed by atoms with Gasteiger partial charge in [0.2, 0.25) is 5.91 Å². The molecule has 1 aromatic heterocycles. The summed E-state index contributed by atoms with van der Waals surface area (Å²) in [6.07, 6.45) is 2.82. The Morgan fingerprint density at radius 3 is 2.67 bits per heavy atom. The van der Waals surface area contributed by atoms with Crippen LogP contribution in [0.4, 0.5) is 0 Å². The number of benzene rings is 2. The van der Waals surface area contributed by atoms with Gasteiger partial charge < -0.3 is 14.8 Å². The first kappa shape index (κ1) is 20.5. The lowest BCUT2D eigenvalue weighted by atomic mass is 10.1. The molecule has 0 fully saturated rings. The highest BCUT2D eigenvalue weighted by molar-refractivity contribution is 7.98. The van der Waals surface area contributed by atoms with Crippen LogP contribution in [-0.2, 0) is 18.4 Å². The minimum absolute atomic E-state index is 0.0864. The molecule has 3 aromatic rings. The van der Waals surface area contributed by atoms with E-state index in [1.807, 2.05) is 60.1 Å². The number of rotatable bonds is 7. The fourth-order valence-electron chi connectivity index (χ4n) is 4.00. The predicted octanol–water partition coefficient (Wildman–Crippen LogP) is 3.53. The van der Waals surface area contributed by atoms with Crippen LogP contribution in [0.25, 0.3) is 11.0 Å². The highest BCUT2D eigenvalue weighted by atomic mass is 32.2. The lowest BCUT2D eigenvalue weighted by Gasteiger charge is -2.26. The van der Waals surface area contributed by atoms with E-state index in [-0.39, 0.29) is 17.9 Å². The number of imidazole rings is 1. The van der Waals surface area contributed by atoms with Gasteiger partial charge in [-0.25, -0.2) is 4.98 Å². The fourth-order valence-corrected chi connectivity index (χ4v) is 4.47. The second-order valence-corrected chi connectivity index (χ2v) is 8.61. The van der Waals surface area contributed by atoms with Crippen LogP contribution in [-0.4, -0.2) is 44.3 Å². The zero-order chi connectivity index (χ0) is 21.3. The van der Waals surface area contributed by atoms with Crippen LogP contribution in [0.5, 0.6) is 0 Å². The van der Waals surface area contributed by atoms with Crippen molar-refractivity contribution in [1.29, 1.82) is 0 Å². The van der Waals surface area contributed by atoms with E-state index in [2.05, 4.69) is 11.6 Å². The molecule has 4 rings (SSSR count). The van der Waals surface area contributed by atoms with Gasteiger partial charge >= 0.3 is 0 Å². The summed E-state index contributed by atoms with van der Waals surface area (Å²) in [4.78, 5) is 32.3. The molecule has 7 heteroatoms. The van der Waals surface area contributed by atoms with Gasteiger partial charge in [0.1, 0.15) is 11.9 Å². The third kappa shape index (κ3) is 3.69. The van der Waals surface area contributed by atoms with Gasteiger partial charge in [0.25, 0.3) is 5.91 Å². The summed E-state index contributed by atoms with van der Waals surface area (Å²) in [5.74, 6) is 1.49. The Balaban J connectivity index is 1.55. The number of hydrogen-bond acceptors (Lipinski definition) is 4. The van der Waals surface area contributed by atoms with E-state index in [0.29, 0.717) is 12.1 Å². The van der Waals surface area contributed by atoms with Crippen LogP contribution in [0, 0.1) is 0 Å². The van der Waals surface area contributed by atoms with E-state index < -0.39 is 6.04 Å². The molecular weight excluding hydrogens is 396 g/mol. The van der Waals surface area contributed by atoms with Gasteiger partial charge in [0.05, 0.1) is 17.1 Å². The SMILES string of the molecule is CSCCC(NC(=O)C(C)N1Cc2ccccc2C1=O)c1nc2ccccc2n1C. The number of para-hydroxylation sites is 2. The molecule has 1 N–H and O–H groups in total. The minimum atomic E-state index is -0.559. The first-order valence-electron chi connectivity index (χ1n) is 10.1. The summed E-state index contributed by atoms with van der Waals surface area (Å²) in [7, 11) is 1.98. The zero-order valence-electron chi connectivity index (χ0n) is 17.5. The number of carbonyl (C=O) groups excluding carboxylic acids is 2. The van der Waals surface area contributed by atoms with Gasteiger partial charge in [-0.15, -0.1) is 0 Å². The Labute approximate surface area is 180 Å². The molecule has 0 radical (unpaired) electrons. The van der Waals surface area contributed by atoms with E-state index >= 15 is 0 Å². The highest BCUT2D eigenvalue weighted by Gasteiger charge is 2.34. The van der Waals surface area contributed by atoms with Crippen molar-refractivity contribution in [2.75, 3.05) is 12.0 Å². The summed E-state index contributed by atoms with van der Waals surface area (Å²) in [6, 6.07) is 14.7. The van der Waals surface area contributed by atoms with Gasteiger partial charge in [0, 0.05) is 19.2 Å². The Bertz CT molecular complexity index is 1090. The molecule has 156 valence electrons. The monoisotopic (exact) mass is 422 g/mol. The third-order valence-electron chi connectivity index (χ3n) is 5.76. The molecule has 2 atom stereocenters. The molecule has 0 aliphatic carbocycles. The molecule has 0 bridgehead atoms. The molecular formula is C23H26N4O2S. The number of aryl methyl sites for hydroxylation is 1. The summed E-state index contributed by atoms with van der Waals surface area (Å²) < 4.78 is 2.04. The molecule has 6 nitrogen and oxygen atoms in total. The largest absolute Gasteiger partial charge is 0.344 e. The Morgan fingerprint density at radius 1 is 1.20 bits per heavy atom. The van der Waals surface area contributed by atoms with Crippen LogP contribution in [0.15, 0.2) is 48.5 Å². The van der Waals surface area contributed by atoms with Crippen molar-refractivity contribution < 1.29 is 9.59 Å². The highest BCUT2D eigenvalue weighted by Crippen LogP contribution is 2.26. The van der Waals surface area contributed by atoms with E-state index in [1.165, 1.54) is 0 Å². The molecule has 2 aromatic carbocycles. The number of aromatic nitrogens is 2. The van der Waals surface area contributed by atoms with Crippen LogP contribution in [0.2, 0.25) is 0 Å². The first-order valence-corrected chi connectivity index (χ1v) is 11.5. The maximum Gasteiger partial charge on any atom is 0.255 e. The fraction of sp³-hybridized carbons (Fsp3) is 0.348. The number of carbonyl (C=O) groups is 2. The predicted molar refractivity (Wildman–Crippen MR) is 120 cm³/mol. The van der Waals surface area contributed by atoms with Crippen molar-refractivity contribution in [2.45, 2.75) is 32.0 Å². The molecule has 1 aliphatic rings. The lowest BCUT2D eigenvalue weighted by molar-refractivity contribution is -0.126. The maximum absolute atomic E-state index is 13.2. The van der Waals surface area contributed by atoms with Gasteiger partial charge in [-0.2, -0.15) is 11.8 Å². The minimum Gasteiger partial charge on any atom is -0.344 e. The molecule has 2 heterocycles. The number of thioether (sulfide) groups is 1. The summed E-state index contributed by atoms with van der Waals surface area (Å²) in [5, 5.41) is 3.16. The third-order valence-corrected chi connectivity index (χ3v) is 6.40. The standard InChI is InChI=1S/C23H26N4O2S/c1-15(27-14-16-8-4-5-9-17(16)23(27)29)22(28)25-19(12-13-30-3)21-24-18-10-6-7-11-20(18)26(21)2/h4-11,15,19H,12-14H2,1-3H3,(H,25,28). The lowest BCUT2D eigenvalue weighted by Crippen LogP contribution is -2.46. The topological polar surface area (TPSA) is 67.2 Å². The summed E-state index contributed by atoms with van der Waals surface area (Å²) in [6.45, 7) is 2.25. The van der Waals surface area contributed by atoms with Gasteiger partial charge in [-0.05, 0) is 49.1 Å². The number of amides is 2. The second-order valence-electron chi connectivity index (χ2n) is 7.63. The van der Waals surface area contributed by atoms with E-state index in [1.54, 1.807) is 23.6 Å². The molecule has 0 saturated carbocycles. The number of hydrogen-bond donors (Lipinski definition) is 1. The van der Waals surface area contributed by atoms with Crippen molar-refractivity contribution in [3.8, 4) is 0 Å². The number of fused-ring (bicyclic) bond motifs is 2. The van der Waals surface area contributed by atoms with E-state index in [9.17, 15) is 9.59 Å². The second kappa shape index (κ2) is 8.52. The molecule has 2 unspecified atom stereocenters. The van der Waals surface area contributed by atoms with Gasteiger partial charge in [-0.3, -0.25) is 9.59 Å². The average molecular weight is 423 g/mol. The van der Waals surface area contributed by atoms with E-state index in [0.717, 1.165) is 34.6 Å². The first-order chi connectivity index (χ1) is 14.5. The van der Waals surface area contributed by atoms with Crippen molar-refractivity contribution in [3.05, 3.63) is 65.5 Å². The maximum atomic E-state index is 13.2. The van der Waals surface area contributed by atoms with Crippen molar-refractivity contribution in [3.63, 3.8) is 0 Å². The average Bonchev–Trinajstić information content (AvgIpc) is 3.28. The molecule has 0 spiro atoms. The van der Waals surface area contributed by atoms with Crippen LogP contribution in [0.3, 0.4) is 0 Å². The Kier molecular flexibility index (Phi) is 5.81. The van der Waals surface area contributed by atoms with Crippen molar-refractivity contribution >= 4 is 34.6 Å². The number of nitrogens with one attached hydrogen (secondary N) is 1. The molecule has 0 saturated heterocycles. The van der Waals surface area contributed by atoms with Gasteiger partial charge in [0.15, 0.2) is 0 Å². The van der Waals surface area contributed by atoms with E-state index in [4.69, 9.17) is 4.98 Å². The van der Waals surface area contributed by atoms with Crippen LogP contribution in [0.1, 0.15) is 41.1 Å².